The molecule has 2 aromatic rings. The smallest absolute Gasteiger partial charge is 0.230 e. The quantitative estimate of drug-likeness (QED) is 0.689. The second kappa shape index (κ2) is 10.5. The summed E-state index contributed by atoms with van der Waals surface area (Å²) in [7, 11) is 1.65. The number of aryl methyl sites for hydroxylation is 1. The second-order valence-electron chi connectivity index (χ2n) is 6.91. The van der Waals surface area contributed by atoms with Gasteiger partial charge < -0.3 is 14.8 Å². The molecule has 0 spiro atoms. The lowest BCUT2D eigenvalue weighted by Gasteiger charge is -2.31. The van der Waals surface area contributed by atoms with E-state index >= 15 is 0 Å². The Labute approximate surface area is 171 Å². The van der Waals surface area contributed by atoms with Crippen molar-refractivity contribution in [3.63, 3.8) is 0 Å². The Morgan fingerprint density at radius 3 is 2.46 bits per heavy atom. The molecule has 1 fully saturated rings. The van der Waals surface area contributed by atoms with Gasteiger partial charge in [0.25, 0.3) is 0 Å². The van der Waals surface area contributed by atoms with Gasteiger partial charge in [-0.05, 0) is 36.8 Å². The summed E-state index contributed by atoms with van der Waals surface area (Å²) >= 11 is 1.53. The third-order valence-corrected chi connectivity index (χ3v) is 5.80. The molecule has 0 aliphatic carbocycles. The van der Waals surface area contributed by atoms with Crippen LogP contribution in [0.5, 0.6) is 5.75 Å². The first-order valence-electron chi connectivity index (χ1n) is 9.57. The summed E-state index contributed by atoms with van der Waals surface area (Å²) in [5.41, 5.74) is 2.36. The minimum Gasteiger partial charge on any atom is -0.497 e. The van der Waals surface area contributed by atoms with Gasteiger partial charge in [-0.3, -0.25) is 9.69 Å². The number of carbonyl (C=O) groups excluding carboxylic acids is 1. The number of thioether (sulfide) groups is 1. The summed E-state index contributed by atoms with van der Waals surface area (Å²) in [5.74, 6) is 1.25. The van der Waals surface area contributed by atoms with Crippen molar-refractivity contribution in [3.8, 4) is 5.75 Å². The highest BCUT2D eigenvalue weighted by Crippen LogP contribution is 2.22. The number of methoxy groups -OCH3 is 1. The number of hydrogen-bond donors (Lipinski definition) is 1. The first kappa shape index (κ1) is 20.7. The Bertz CT molecular complexity index is 743. The maximum Gasteiger partial charge on any atom is 0.230 e. The summed E-state index contributed by atoms with van der Waals surface area (Å²) in [6, 6.07) is 16.2. The Kier molecular flexibility index (Phi) is 7.77. The van der Waals surface area contributed by atoms with Gasteiger partial charge in [-0.15, -0.1) is 11.8 Å². The van der Waals surface area contributed by atoms with Gasteiger partial charge in [0.05, 0.1) is 32.1 Å². The van der Waals surface area contributed by atoms with E-state index < -0.39 is 0 Å². The minimum absolute atomic E-state index is 0.0253. The molecule has 2 aromatic carbocycles. The predicted molar refractivity (Wildman–Crippen MR) is 113 cm³/mol. The average Bonchev–Trinajstić information content (AvgIpc) is 2.73. The van der Waals surface area contributed by atoms with Gasteiger partial charge in [0, 0.05) is 24.5 Å². The van der Waals surface area contributed by atoms with Gasteiger partial charge >= 0.3 is 0 Å². The molecule has 1 aliphatic heterocycles. The van der Waals surface area contributed by atoms with Gasteiger partial charge in [-0.25, -0.2) is 0 Å². The summed E-state index contributed by atoms with van der Waals surface area (Å²) in [5, 5.41) is 3.23. The standard InChI is InChI=1S/C22H28N2O3S/c1-17-3-5-18(6-4-17)21(15-24-11-13-27-14-12-24)23-22(25)16-28-20-9-7-19(26-2)8-10-20/h3-10,21H,11-16H2,1-2H3,(H,23,25)/t21-/m1/s1. The number of morpholine rings is 1. The molecule has 0 bridgehead atoms. The average molecular weight is 401 g/mol. The Balaban J connectivity index is 1.60. The Morgan fingerprint density at radius 1 is 1.14 bits per heavy atom. The Hall–Kier alpha value is -2.02. The first-order valence-corrected chi connectivity index (χ1v) is 10.6. The van der Waals surface area contributed by atoms with Crippen molar-refractivity contribution < 1.29 is 14.3 Å². The SMILES string of the molecule is COc1ccc(SCC(=O)N[C@H](CN2CCOCC2)c2ccc(C)cc2)cc1. The van der Waals surface area contributed by atoms with E-state index in [0.717, 1.165) is 49.1 Å². The van der Waals surface area contributed by atoms with E-state index in [-0.39, 0.29) is 11.9 Å². The normalized spacial score (nSPS) is 15.8. The van der Waals surface area contributed by atoms with E-state index in [4.69, 9.17) is 9.47 Å². The van der Waals surface area contributed by atoms with Crippen molar-refractivity contribution in [2.24, 2.45) is 0 Å². The first-order chi connectivity index (χ1) is 13.6. The van der Waals surface area contributed by atoms with Crippen molar-refractivity contribution in [1.29, 1.82) is 0 Å². The highest BCUT2D eigenvalue weighted by molar-refractivity contribution is 8.00. The fourth-order valence-electron chi connectivity index (χ4n) is 3.13. The molecule has 0 aromatic heterocycles. The van der Waals surface area contributed by atoms with Gasteiger partial charge in [0.1, 0.15) is 5.75 Å². The van der Waals surface area contributed by atoms with Gasteiger partial charge in [-0.2, -0.15) is 0 Å². The number of benzene rings is 2. The maximum atomic E-state index is 12.6. The zero-order valence-corrected chi connectivity index (χ0v) is 17.3. The topological polar surface area (TPSA) is 50.8 Å². The van der Waals surface area contributed by atoms with Crippen LogP contribution in [0.15, 0.2) is 53.4 Å². The fraction of sp³-hybridized carbons (Fsp3) is 0.409. The van der Waals surface area contributed by atoms with Gasteiger partial charge in [0.2, 0.25) is 5.91 Å². The molecule has 1 atom stereocenters. The summed E-state index contributed by atoms with van der Waals surface area (Å²) in [6.07, 6.45) is 0. The van der Waals surface area contributed by atoms with Crippen LogP contribution in [0, 0.1) is 6.92 Å². The van der Waals surface area contributed by atoms with Crippen molar-refractivity contribution in [2.45, 2.75) is 17.9 Å². The van der Waals surface area contributed by atoms with Crippen LogP contribution in [0.2, 0.25) is 0 Å². The van der Waals surface area contributed by atoms with Crippen LogP contribution >= 0.6 is 11.8 Å². The molecule has 1 saturated heterocycles. The van der Waals surface area contributed by atoms with Crippen LogP contribution in [-0.2, 0) is 9.53 Å². The van der Waals surface area contributed by atoms with Crippen LogP contribution in [0.25, 0.3) is 0 Å². The monoisotopic (exact) mass is 400 g/mol. The van der Waals surface area contributed by atoms with Crippen molar-refractivity contribution in [2.75, 3.05) is 45.7 Å². The number of ether oxygens (including phenoxy) is 2. The van der Waals surface area contributed by atoms with E-state index in [1.807, 2.05) is 24.3 Å². The van der Waals surface area contributed by atoms with E-state index in [0.29, 0.717) is 5.75 Å². The zero-order valence-electron chi connectivity index (χ0n) is 16.5. The summed E-state index contributed by atoms with van der Waals surface area (Å²) in [4.78, 5) is 16.0. The van der Waals surface area contributed by atoms with Crippen molar-refractivity contribution in [1.82, 2.24) is 10.2 Å². The van der Waals surface area contributed by atoms with Gasteiger partial charge in [0.15, 0.2) is 0 Å². The molecule has 1 aliphatic rings. The number of hydrogen-bond acceptors (Lipinski definition) is 5. The molecule has 0 unspecified atom stereocenters. The highest BCUT2D eigenvalue weighted by atomic mass is 32.2. The summed E-state index contributed by atoms with van der Waals surface area (Å²) < 4.78 is 10.6. The molecule has 0 radical (unpaired) electrons. The number of carbonyl (C=O) groups is 1. The van der Waals surface area contributed by atoms with E-state index in [2.05, 4.69) is 41.4 Å². The molecular weight excluding hydrogens is 372 g/mol. The van der Waals surface area contributed by atoms with Gasteiger partial charge in [-0.1, -0.05) is 29.8 Å². The number of amides is 1. The summed E-state index contributed by atoms with van der Waals surface area (Å²) in [6.45, 7) is 6.18. The molecule has 1 N–H and O–H groups in total. The fourth-order valence-corrected chi connectivity index (χ4v) is 3.84. The minimum atomic E-state index is -0.0253. The van der Waals surface area contributed by atoms with E-state index in [9.17, 15) is 4.79 Å². The van der Waals surface area contributed by atoms with E-state index in [1.165, 1.54) is 17.3 Å². The molecule has 1 amide bonds. The third kappa shape index (κ3) is 6.26. The van der Waals surface area contributed by atoms with Crippen LogP contribution in [0.4, 0.5) is 0 Å². The third-order valence-electron chi connectivity index (χ3n) is 4.79. The number of nitrogens with one attached hydrogen (secondary N) is 1. The highest BCUT2D eigenvalue weighted by Gasteiger charge is 2.20. The second-order valence-corrected chi connectivity index (χ2v) is 7.96. The molecular formula is C22H28N2O3S. The lowest BCUT2D eigenvalue weighted by Crippen LogP contribution is -2.43. The molecule has 1 heterocycles. The van der Waals surface area contributed by atoms with Crippen LogP contribution < -0.4 is 10.1 Å². The number of nitrogens with zero attached hydrogens (tertiary/aromatic N) is 1. The van der Waals surface area contributed by atoms with Crippen molar-refractivity contribution >= 4 is 17.7 Å². The molecule has 28 heavy (non-hydrogen) atoms. The van der Waals surface area contributed by atoms with Crippen LogP contribution in [0.1, 0.15) is 17.2 Å². The largest absolute Gasteiger partial charge is 0.497 e. The molecule has 5 nitrogen and oxygen atoms in total. The van der Waals surface area contributed by atoms with Crippen LogP contribution in [0.3, 0.4) is 0 Å². The predicted octanol–water partition coefficient (Wildman–Crippen LogP) is 3.29. The lowest BCUT2D eigenvalue weighted by molar-refractivity contribution is -0.119. The van der Waals surface area contributed by atoms with E-state index in [1.54, 1.807) is 7.11 Å². The maximum absolute atomic E-state index is 12.6. The lowest BCUT2D eigenvalue weighted by atomic mass is 10.0. The zero-order chi connectivity index (χ0) is 19.8. The molecule has 3 rings (SSSR count). The molecule has 6 heteroatoms. The van der Waals surface area contributed by atoms with Crippen molar-refractivity contribution in [3.05, 3.63) is 59.7 Å². The molecule has 0 saturated carbocycles. The number of rotatable bonds is 8. The molecule has 150 valence electrons. The Morgan fingerprint density at radius 2 is 1.82 bits per heavy atom. The van der Waals surface area contributed by atoms with Crippen LogP contribution in [-0.4, -0.2) is 56.5 Å².